The van der Waals surface area contributed by atoms with Gasteiger partial charge in [-0.2, -0.15) is 0 Å². The van der Waals surface area contributed by atoms with E-state index in [1.807, 2.05) is 18.2 Å². The molecule has 0 spiro atoms. The normalized spacial score (nSPS) is 17.6. The predicted molar refractivity (Wildman–Crippen MR) is 86.9 cm³/mol. The standard InChI is InChI=1S/C15H19Br2NO2/c1-10(15(19)18-12-5-3-2-4-6-12)20-14-8-7-11(16)9-13(14)17/h7-10,12H,2-6H2,1H3,(H,18,19)/t10-/m1/s1. The molecule has 0 unspecified atom stereocenters. The van der Waals surface area contributed by atoms with Gasteiger partial charge in [0.05, 0.1) is 4.47 Å². The Labute approximate surface area is 136 Å². The molecule has 1 aromatic carbocycles. The van der Waals surface area contributed by atoms with Crippen LogP contribution in [-0.4, -0.2) is 18.1 Å². The van der Waals surface area contributed by atoms with E-state index in [2.05, 4.69) is 37.2 Å². The van der Waals surface area contributed by atoms with Gasteiger partial charge in [-0.05, 0) is 53.9 Å². The fraction of sp³-hybridized carbons (Fsp3) is 0.533. The molecule has 110 valence electrons. The number of carbonyl (C=O) groups excluding carboxylic acids is 1. The second kappa shape index (κ2) is 7.46. The molecular weight excluding hydrogens is 386 g/mol. The van der Waals surface area contributed by atoms with Crippen LogP contribution < -0.4 is 10.1 Å². The van der Waals surface area contributed by atoms with Crippen LogP contribution in [0.15, 0.2) is 27.1 Å². The summed E-state index contributed by atoms with van der Waals surface area (Å²) < 4.78 is 7.53. The molecule has 1 aromatic rings. The largest absolute Gasteiger partial charge is 0.480 e. The van der Waals surface area contributed by atoms with Gasteiger partial charge < -0.3 is 10.1 Å². The number of ether oxygens (including phenoxy) is 1. The van der Waals surface area contributed by atoms with Gasteiger partial charge in [0, 0.05) is 10.5 Å². The second-order valence-electron chi connectivity index (χ2n) is 5.18. The highest BCUT2D eigenvalue weighted by atomic mass is 79.9. The Morgan fingerprint density at radius 2 is 2.00 bits per heavy atom. The summed E-state index contributed by atoms with van der Waals surface area (Å²) in [5.41, 5.74) is 0. The lowest BCUT2D eigenvalue weighted by Crippen LogP contribution is -2.43. The van der Waals surface area contributed by atoms with Crippen molar-refractivity contribution in [1.82, 2.24) is 5.32 Å². The van der Waals surface area contributed by atoms with Gasteiger partial charge in [-0.15, -0.1) is 0 Å². The number of nitrogens with one attached hydrogen (secondary N) is 1. The van der Waals surface area contributed by atoms with Crippen LogP contribution in [0.4, 0.5) is 0 Å². The first-order chi connectivity index (χ1) is 9.56. The second-order valence-corrected chi connectivity index (χ2v) is 6.95. The summed E-state index contributed by atoms with van der Waals surface area (Å²) in [6.45, 7) is 1.78. The zero-order valence-electron chi connectivity index (χ0n) is 11.5. The molecule has 1 saturated carbocycles. The Morgan fingerprint density at radius 1 is 1.30 bits per heavy atom. The number of carbonyl (C=O) groups is 1. The quantitative estimate of drug-likeness (QED) is 0.806. The molecule has 0 heterocycles. The molecule has 20 heavy (non-hydrogen) atoms. The van der Waals surface area contributed by atoms with E-state index in [4.69, 9.17) is 4.74 Å². The molecule has 0 aliphatic heterocycles. The minimum atomic E-state index is -0.491. The molecule has 0 bridgehead atoms. The number of amides is 1. The lowest BCUT2D eigenvalue weighted by molar-refractivity contribution is -0.128. The van der Waals surface area contributed by atoms with E-state index < -0.39 is 6.10 Å². The smallest absolute Gasteiger partial charge is 0.260 e. The van der Waals surface area contributed by atoms with E-state index >= 15 is 0 Å². The predicted octanol–water partition coefficient (Wildman–Crippen LogP) is 4.43. The van der Waals surface area contributed by atoms with E-state index in [1.54, 1.807) is 6.92 Å². The topological polar surface area (TPSA) is 38.3 Å². The number of hydrogen-bond donors (Lipinski definition) is 1. The Balaban J connectivity index is 1.89. The SMILES string of the molecule is C[C@@H](Oc1ccc(Br)cc1Br)C(=O)NC1CCCCC1. The van der Waals surface area contributed by atoms with E-state index in [0.29, 0.717) is 11.8 Å². The van der Waals surface area contributed by atoms with Crippen LogP contribution in [0.2, 0.25) is 0 Å². The third-order valence-corrected chi connectivity index (χ3v) is 4.63. The molecule has 0 radical (unpaired) electrons. The van der Waals surface area contributed by atoms with Crippen molar-refractivity contribution in [2.45, 2.75) is 51.2 Å². The molecular formula is C15H19Br2NO2. The molecule has 1 aliphatic rings. The fourth-order valence-corrected chi connectivity index (χ4v) is 3.52. The summed E-state index contributed by atoms with van der Waals surface area (Å²) in [5, 5.41) is 3.08. The van der Waals surface area contributed by atoms with Crippen molar-refractivity contribution in [3.63, 3.8) is 0 Å². The van der Waals surface area contributed by atoms with Gasteiger partial charge in [0.1, 0.15) is 5.75 Å². The van der Waals surface area contributed by atoms with Crippen LogP contribution in [0.1, 0.15) is 39.0 Å². The van der Waals surface area contributed by atoms with Crippen LogP contribution in [-0.2, 0) is 4.79 Å². The average molecular weight is 405 g/mol. The van der Waals surface area contributed by atoms with Crippen LogP contribution >= 0.6 is 31.9 Å². The van der Waals surface area contributed by atoms with Gasteiger partial charge in [-0.3, -0.25) is 4.79 Å². The van der Waals surface area contributed by atoms with E-state index in [1.165, 1.54) is 19.3 Å². The maximum Gasteiger partial charge on any atom is 0.260 e. The fourth-order valence-electron chi connectivity index (χ4n) is 2.38. The number of benzene rings is 1. The van der Waals surface area contributed by atoms with Crippen molar-refractivity contribution >= 4 is 37.8 Å². The maximum atomic E-state index is 12.1. The van der Waals surface area contributed by atoms with Crippen LogP contribution in [0, 0.1) is 0 Å². The molecule has 0 saturated heterocycles. The molecule has 1 N–H and O–H groups in total. The van der Waals surface area contributed by atoms with Gasteiger partial charge in [-0.25, -0.2) is 0 Å². The van der Waals surface area contributed by atoms with E-state index in [0.717, 1.165) is 21.8 Å². The minimum absolute atomic E-state index is 0.0354. The van der Waals surface area contributed by atoms with Crippen LogP contribution in [0.25, 0.3) is 0 Å². The lowest BCUT2D eigenvalue weighted by atomic mass is 9.95. The highest BCUT2D eigenvalue weighted by Gasteiger charge is 2.21. The first kappa shape index (κ1) is 15.8. The molecule has 1 fully saturated rings. The molecule has 1 atom stereocenters. The Kier molecular flexibility index (Phi) is 5.90. The summed E-state index contributed by atoms with van der Waals surface area (Å²) >= 11 is 6.83. The highest BCUT2D eigenvalue weighted by molar-refractivity contribution is 9.11. The third-order valence-electron chi connectivity index (χ3n) is 3.52. The van der Waals surface area contributed by atoms with Gasteiger partial charge in [0.25, 0.3) is 5.91 Å². The minimum Gasteiger partial charge on any atom is -0.480 e. The maximum absolute atomic E-state index is 12.1. The molecule has 2 rings (SSSR count). The van der Waals surface area contributed by atoms with Crippen LogP contribution in [0.3, 0.4) is 0 Å². The van der Waals surface area contributed by atoms with E-state index in [-0.39, 0.29) is 5.91 Å². The van der Waals surface area contributed by atoms with Crippen molar-refractivity contribution in [2.24, 2.45) is 0 Å². The third kappa shape index (κ3) is 4.48. The van der Waals surface area contributed by atoms with Crippen molar-refractivity contribution in [3.8, 4) is 5.75 Å². The lowest BCUT2D eigenvalue weighted by Gasteiger charge is -2.24. The average Bonchev–Trinajstić information content (AvgIpc) is 2.43. The Hall–Kier alpha value is -0.550. The summed E-state index contributed by atoms with van der Waals surface area (Å²) in [5.74, 6) is 0.645. The summed E-state index contributed by atoms with van der Waals surface area (Å²) in [7, 11) is 0. The van der Waals surface area contributed by atoms with Crippen LogP contribution in [0.5, 0.6) is 5.75 Å². The van der Waals surface area contributed by atoms with Gasteiger partial charge >= 0.3 is 0 Å². The first-order valence-corrected chi connectivity index (χ1v) is 8.57. The molecule has 1 amide bonds. The van der Waals surface area contributed by atoms with Gasteiger partial charge in [0.15, 0.2) is 6.10 Å². The summed E-state index contributed by atoms with van der Waals surface area (Å²) in [6.07, 6.45) is 5.37. The molecule has 1 aliphatic carbocycles. The molecule has 5 heteroatoms. The highest BCUT2D eigenvalue weighted by Crippen LogP contribution is 2.29. The molecule has 0 aromatic heterocycles. The Bertz CT molecular complexity index is 473. The van der Waals surface area contributed by atoms with Crippen molar-refractivity contribution in [1.29, 1.82) is 0 Å². The Morgan fingerprint density at radius 3 is 2.65 bits per heavy atom. The van der Waals surface area contributed by atoms with Crippen molar-refractivity contribution in [3.05, 3.63) is 27.1 Å². The van der Waals surface area contributed by atoms with E-state index in [9.17, 15) is 4.79 Å². The van der Waals surface area contributed by atoms with Gasteiger partial charge in [-0.1, -0.05) is 35.2 Å². The van der Waals surface area contributed by atoms with Crippen molar-refractivity contribution < 1.29 is 9.53 Å². The number of rotatable bonds is 4. The summed E-state index contributed by atoms with van der Waals surface area (Å²) in [6, 6.07) is 5.96. The summed E-state index contributed by atoms with van der Waals surface area (Å²) in [4.78, 5) is 12.1. The number of hydrogen-bond acceptors (Lipinski definition) is 2. The molecule has 3 nitrogen and oxygen atoms in total. The van der Waals surface area contributed by atoms with Gasteiger partial charge in [0.2, 0.25) is 0 Å². The van der Waals surface area contributed by atoms with Crippen molar-refractivity contribution in [2.75, 3.05) is 0 Å². The first-order valence-electron chi connectivity index (χ1n) is 6.98. The number of halogens is 2. The zero-order chi connectivity index (χ0) is 14.5. The zero-order valence-corrected chi connectivity index (χ0v) is 14.7. The monoisotopic (exact) mass is 403 g/mol.